The van der Waals surface area contributed by atoms with E-state index in [1.54, 1.807) is 6.92 Å². The Balaban J connectivity index is 3.04. The number of hydrogen-bond acceptors (Lipinski definition) is 3. The summed E-state index contributed by atoms with van der Waals surface area (Å²) in [6, 6.07) is 3.78. The van der Waals surface area contributed by atoms with E-state index >= 15 is 0 Å². The van der Waals surface area contributed by atoms with E-state index in [0.29, 0.717) is 0 Å². The second-order valence-corrected chi connectivity index (χ2v) is 3.43. The van der Waals surface area contributed by atoms with Crippen LogP contribution in [0.15, 0.2) is 18.2 Å². The molecular formula is C13H13FO3. The minimum Gasteiger partial charge on any atom is -0.508 e. The molecule has 1 aromatic rings. The molecular weight excluding hydrogens is 223 g/mol. The fourth-order valence-corrected chi connectivity index (χ4v) is 1.46. The van der Waals surface area contributed by atoms with Crippen LogP contribution in [0, 0.1) is 17.7 Å². The molecule has 0 heterocycles. The van der Waals surface area contributed by atoms with E-state index in [-0.39, 0.29) is 17.7 Å². The Kier molecular flexibility index (Phi) is 4.53. The van der Waals surface area contributed by atoms with Crippen molar-refractivity contribution in [2.75, 3.05) is 7.11 Å². The number of phenols is 1. The summed E-state index contributed by atoms with van der Waals surface area (Å²) < 4.78 is 18.1. The van der Waals surface area contributed by atoms with Crippen molar-refractivity contribution >= 4 is 5.97 Å². The Morgan fingerprint density at radius 2 is 2.29 bits per heavy atom. The molecule has 1 atom stereocenters. The molecule has 90 valence electrons. The Hall–Kier alpha value is -2.02. The van der Waals surface area contributed by atoms with Gasteiger partial charge in [-0.1, -0.05) is 12.0 Å². The van der Waals surface area contributed by atoms with Crippen molar-refractivity contribution in [3.63, 3.8) is 0 Å². The van der Waals surface area contributed by atoms with Gasteiger partial charge in [0.15, 0.2) is 0 Å². The monoisotopic (exact) mass is 236 g/mol. The van der Waals surface area contributed by atoms with E-state index in [4.69, 9.17) is 5.11 Å². The molecule has 0 bridgehead atoms. The van der Waals surface area contributed by atoms with Gasteiger partial charge >= 0.3 is 5.97 Å². The smallest absolute Gasteiger partial charge is 0.307 e. The number of hydrogen-bond donors (Lipinski definition) is 1. The van der Waals surface area contributed by atoms with E-state index in [2.05, 4.69) is 16.6 Å². The third kappa shape index (κ3) is 3.49. The van der Waals surface area contributed by atoms with Crippen LogP contribution in [0.25, 0.3) is 0 Å². The molecule has 0 aromatic heterocycles. The predicted octanol–water partition coefficient (Wildman–Crippen LogP) is 2.20. The van der Waals surface area contributed by atoms with Gasteiger partial charge < -0.3 is 9.84 Å². The second-order valence-electron chi connectivity index (χ2n) is 3.43. The van der Waals surface area contributed by atoms with Crippen molar-refractivity contribution in [1.82, 2.24) is 0 Å². The van der Waals surface area contributed by atoms with Gasteiger partial charge in [-0.15, -0.1) is 5.92 Å². The zero-order chi connectivity index (χ0) is 12.8. The van der Waals surface area contributed by atoms with Crippen LogP contribution in [0.4, 0.5) is 4.39 Å². The van der Waals surface area contributed by atoms with Gasteiger partial charge in [0.2, 0.25) is 0 Å². The number of halogens is 1. The largest absolute Gasteiger partial charge is 0.508 e. The number of rotatable bonds is 3. The van der Waals surface area contributed by atoms with Gasteiger partial charge in [-0.05, 0) is 13.0 Å². The SMILES string of the molecule is CC#CC(CC(=O)OC)c1ccc(O)cc1F. The molecule has 0 saturated heterocycles. The van der Waals surface area contributed by atoms with E-state index in [9.17, 15) is 9.18 Å². The van der Waals surface area contributed by atoms with Gasteiger partial charge in [0, 0.05) is 11.6 Å². The zero-order valence-electron chi connectivity index (χ0n) is 9.66. The lowest BCUT2D eigenvalue weighted by molar-refractivity contribution is -0.140. The summed E-state index contributed by atoms with van der Waals surface area (Å²) >= 11 is 0. The maximum Gasteiger partial charge on any atom is 0.307 e. The summed E-state index contributed by atoms with van der Waals surface area (Å²) in [7, 11) is 1.27. The molecule has 0 radical (unpaired) electrons. The van der Waals surface area contributed by atoms with Crippen molar-refractivity contribution < 1.29 is 19.0 Å². The average Bonchev–Trinajstić information content (AvgIpc) is 2.28. The number of benzene rings is 1. The summed E-state index contributed by atoms with van der Waals surface area (Å²) in [5, 5.41) is 9.11. The van der Waals surface area contributed by atoms with E-state index in [0.717, 1.165) is 6.07 Å². The number of methoxy groups -OCH3 is 1. The highest BCUT2D eigenvalue weighted by Crippen LogP contribution is 2.25. The van der Waals surface area contributed by atoms with Gasteiger partial charge in [0.25, 0.3) is 0 Å². The first-order valence-corrected chi connectivity index (χ1v) is 5.06. The molecule has 4 heteroatoms. The third-order valence-electron chi connectivity index (χ3n) is 2.28. The highest BCUT2D eigenvalue weighted by Gasteiger charge is 2.18. The third-order valence-corrected chi connectivity index (χ3v) is 2.28. The van der Waals surface area contributed by atoms with Crippen LogP contribution < -0.4 is 0 Å². The first-order chi connectivity index (χ1) is 8.08. The minimum absolute atomic E-state index is 0.0148. The van der Waals surface area contributed by atoms with Crippen molar-refractivity contribution in [1.29, 1.82) is 0 Å². The number of phenolic OH excluding ortho intramolecular Hbond substituents is 1. The molecule has 0 fully saturated rings. The summed E-state index contributed by atoms with van der Waals surface area (Å²) in [5.74, 6) is 3.65. The van der Waals surface area contributed by atoms with Gasteiger partial charge in [-0.25, -0.2) is 4.39 Å². The minimum atomic E-state index is -0.582. The average molecular weight is 236 g/mol. The molecule has 0 amide bonds. The summed E-state index contributed by atoms with van der Waals surface area (Å²) in [6.07, 6.45) is -0.0148. The zero-order valence-corrected chi connectivity index (χ0v) is 9.66. The molecule has 0 spiro atoms. The molecule has 3 nitrogen and oxygen atoms in total. The topological polar surface area (TPSA) is 46.5 Å². The van der Waals surface area contributed by atoms with Crippen molar-refractivity contribution in [3.8, 4) is 17.6 Å². The Morgan fingerprint density at radius 3 is 2.82 bits per heavy atom. The Bertz CT molecular complexity index is 471. The number of carbonyl (C=O) groups is 1. The molecule has 0 saturated carbocycles. The fourth-order valence-electron chi connectivity index (χ4n) is 1.46. The number of carbonyl (C=O) groups excluding carboxylic acids is 1. The van der Waals surface area contributed by atoms with Gasteiger partial charge in [0.1, 0.15) is 11.6 Å². The van der Waals surface area contributed by atoms with Crippen LogP contribution >= 0.6 is 0 Å². The quantitative estimate of drug-likeness (QED) is 0.646. The summed E-state index contributed by atoms with van der Waals surface area (Å²) in [5.41, 5.74) is 0.280. The number of aromatic hydroxyl groups is 1. The number of ether oxygens (including phenoxy) is 1. The van der Waals surface area contributed by atoms with Crippen LogP contribution in [-0.4, -0.2) is 18.2 Å². The fraction of sp³-hybridized carbons (Fsp3) is 0.308. The van der Waals surface area contributed by atoms with E-state index in [1.165, 1.54) is 19.2 Å². The molecule has 0 aliphatic rings. The Morgan fingerprint density at radius 1 is 1.59 bits per heavy atom. The highest BCUT2D eigenvalue weighted by atomic mass is 19.1. The van der Waals surface area contributed by atoms with Crippen LogP contribution in [0.3, 0.4) is 0 Å². The normalized spacial score (nSPS) is 11.2. The number of esters is 1. The molecule has 17 heavy (non-hydrogen) atoms. The lowest BCUT2D eigenvalue weighted by Crippen LogP contribution is -2.08. The molecule has 1 aromatic carbocycles. The molecule has 1 rings (SSSR count). The predicted molar refractivity (Wildman–Crippen MR) is 60.9 cm³/mol. The summed E-state index contributed by atoms with van der Waals surface area (Å²) in [6.45, 7) is 1.61. The van der Waals surface area contributed by atoms with Crippen LogP contribution in [0.1, 0.15) is 24.8 Å². The van der Waals surface area contributed by atoms with Gasteiger partial charge in [0.05, 0.1) is 19.4 Å². The van der Waals surface area contributed by atoms with E-state index < -0.39 is 17.7 Å². The maximum atomic E-state index is 13.6. The molecule has 0 aliphatic heterocycles. The Labute approximate surface area is 99.2 Å². The molecule has 1 N–H and O–H groups in total. The van der Waals surface area contributed by atoms with Crippen LogP contribution in [0.2, 0.25) is 0 Å². The first kappa shape index (κ1) is 13.0. The molecule has 0 aliphatic carbocycles. The van der Waals surface area contributed by atoms with E-state index in [1.807, 2.05) is 0 Å². The van der Waals surface area contributed by atoms with Crippen LogP contribution in [-0.2, 0) is 9.53 Å². The highest BCUT2D eigenvalue weighted by molar-refractivity contribution is 5.71. The van der Waals surface area contributed by atoms with Gasteiger partial charge in [-0.3, -0.25) is 4.79 Å². The lowest BCUT2D eigenvalue weighted by Gasteiger charge is -2.11. The molecule has 1 unspecified atom stereocenters. The standard InChI is InChI=1S/C13H13FO3/c1-3-4-9(7-13(16)17-2)11-6-5-10(15)8-12(11)14/h5-6,8-9,15H,7H2,1-2H3. The van der Waals surface area contributed by atoms with Crippen molar-refractivity contribution in [2.45, 2.75) is 19.3 Å². The van der Waals surface area contributed by atoms with Gasteiger partial charge in [-0.2, -0.15) is 0 Å². The maximum absolute atomic E-state index is 13.6. The summed E-state index contributed by atoms with van der Waals surface area (Å²) in [4.78, 5) is 11.2. The van der Waals surface area contributed by atoms with Crippen molar-refractivity contribution in [3.05, 3.63) is 29.6 Å². The lowest BCUT2D eigenvalue weighted by atomic mass is 9.95. The first-order valence-electron chi connectivity index (χ1n) is 5.06. The van der Waals surface area contributed by atoms with Crippen LogP contribution in [0.5, 0.6) is 5.75 Å². The van der Waals surface area contributed by atoms with Crippen molar-refractivity contribution in [2.24, 2.45) is 0 Å². The second kappa shape index (κ2) is 5.90.